The molecule has 0 radical (unpaired) electrons. The molecule has 1 aromatic carbocycles. The second kappa shape index (κ2) is 6.51. The van der Waals surface area contributed by atoms with Crippen molar-refractivity contribution in [2.45, 2.75) is 57.5 Å². The SMILES string of the molecule is CCC1CCCCN1C(=O)C1CCC(=O)N1c1ccccc1. The lowest BCUT2D eigenvalue weighted by Gasteiger charge is -2.38. The highest BCUT2D eigenvalue weighted by atomic mass is 16.2. The van der Waals surface area contributed by atoms with E-state index in [1.807, 2.05) is 35.2 Å². The van der Waals surface area contributed by atoms with Gasteiger partial charge in [0.2, 0.25) is 11.8 Å². The Labute approximate surface area is 132 Å². The Balaban J connectivity index is 1.83. The van der Waals surface area contributed by atoms with Crippen molar-refractivity contribution in [3.8, 4) is 0 Å². The Morgan fingerprint density at radius 3 is 2.68 bits per heavy atom. The van der Waals surface area contributed by atoms with Gasteiger partial charge in [-0.2, -0.15) is 0 Å². The van der Waals surface area contributed by atoms with E-state index in [-0.39, 0.29) is 17.9 Å². The molecule has 118 valence electrons. The minimum absolute atomic E-state index is 0.0645. The van der Waals surface area contributed by atoms with Crippen molar-refractivity contribution >= 4 is 17.5 Å². The fourth-order valence-corrected chi connectivity index (χ4v) is 3.74. The molecule has 2 amide bonds. The first-order valence-corrected chi connectivity index (χ1v) is 8.40. The molecule has 1 aromatic rings. The van der Waals surface area contributed by atoms with Crippen LogP contribution in [0.4, 0.5) is 5.69 Å². The molecular weight excluding hydrogens is 276 g/mol. The van der Waals surface area contributed by atoms with Gasteiger partial charge in [0, 0.05) is 24.7 Å². The molecule has 3 rings (SSSR count). The molecule has 2 atom stereocenters. The number of anilines is 1. The van der Waals surface area contributed by atoms with E-state index < -0.39 is 0 Å². The van der Waals surface area contributed by atoms with E-state index in [2.05, 4.69) is 6.92 Å². The summed E-state index contributed by atoms with van der Waals surface area (Å²) in [7, 11) is 0. The second-order valence-corrected chi connectivity index (χ2v) is 6.24. The average Bonchev–Trinajstić information content (AvgIpc) is 2.96. The highest BCUT2D eigenvalue weighted by molar-refractivity contribution is 6.03. The quantitative estimate of drug-likeness (QED) is 0.861. The van der Waals surface area contributed by atoms with Gasteiger partial charge in [-0.25, -0.2) is 0 Å². The number of carbonyl (C=O) groups excluding carboxylic acids is 2. The van der Waals surface area contributed by atoms with Crippen molar-refractivity contribution in [1.82, 2.24) is 4.90 Å². The standard InChI is InChI=1S/C18H24N2O2/c1-2-14-8-6-7-13-19(14)18(22)16-11-12-17(21)20(16)15-9-4-3-5-10-15/h3-5,9-10,14,16H,2,6-8,11-13H2,1H3. The molecule has 4 heteroatoms. The molecule has 0 saturated carbocycles. The van der Waals surface area contributed by atoms with Crippen LogP contribution < -0.4 is 4.90 Å². The van der Waals surface area contributed by atoms with Crippen LogP contribution in [0.3, 0.4) is 0 Å². The van der Waals surface area contributed by atoms with Gasteiger partial charge in [0.15, 0.2) is 0 Å². The van der Waals surface area contributed by atoms with Crippen LogP contribution in [0.1, 0.15) is 45.4 Å². The molecule has 0 aliphatic carbocycles. The van der Waals surface area contributed by atoms with E-state index in [9.17, 15) is 9.59 Å². The first-order chi connectivity index (χ1) is 10.7. The lowest BCUT2D eigenvalue weighted by atomic mass is 9.98. The van der Waals surface area contributed by atoms with Crippen LogP contribution in [0.5, 0.6) is 0 Å². The Morgan fingerprint density at radius 2 is 1.95 bits per heavy atom. The van der Waals surface area contributed by atoms with Crippen LogP contribution in [0.15, 0.2) is 30.3 Å². The van der Waals surface area contributed by atoms with E-state index in [0.29, 0.717) is 18.9 Å². The number of piperidine rings is 1. The monoisotopic (exact) mass is 300 g/mol. The largest absolute Gasteiger partial charge is 0.338 e. The number of hydrogen-bond acceptors (Lipinski definition) is 2. The Hall–Kier alpha value is -1.84. The number of hydrogen-bond donors (Lipinski definition) is 0. The van der Waals surface area contributed by atoms with Crippen LogP contribution in [0.25, 0.3) is 0 Å². The molecule has 2 heterocycles. The minimum atomic E-state index is -0.318. The van der Waals surface area contributed by atoms with E-state index in [1.54, 1.807) is 4.90 Å². The summed E-state index contributed by atoms with van der Waals surface area (Å²) in [6, 6.07) is 9.61. The van der Waals surface area contributed by atoms with Crippen LogP contribution >= 0.6 is 0 Å². The van der Waals surface area contributed by atoms with E-state index in [4.69, 9.17) is 0 Å². The van der Waals surface area contributed by atoms with Gasteiger partial charge < -0.3 is 4.90 Å². The fraction of sp³-hybridized carbons (Fsp3) is 0.556. The van der Waals surface area contributed by atoms with Crippen LogP contribution in [-0.4, -0.2) is 35.3 Å². The zero-order valence-corrected chi connectivity index (χ0v) is 13.2. The van der Waals surface area contributed by atoms with Gasteiger partial charge in [0.05, 0.1) is 0 Å². The molecule has 0 aromatic heterocycles. The Morgan fingerprint density at radius 1 is 1.18 bits per heavy atom. The van der Waals surface area contributed by atoms with E-state index in [1.165, 1.54) is 6.42 Å². The third kappa shape index (κ3) is 2.74. The summed E-state index contributed by atoms with van der Waals surface area (Å²) in [6.07, 6.45) is 5.48. The molecule has 2 unspecified atom stereocenters. The summed E-state index contributed by atoms with van der Waals surface area (Å²) in [4.78, 5) is 29.1. The molecule has 0 spiro atoms. The molecular formula is C18H24N2O2. The number of likely N-dealkylation sites (tertiary alicyclic amines) is 1. The van der Waals surface area contributed by atoms with E-state index in [0.717, 1.165) is 31.5 Å². The Kier molecular flexibility index (Phi) is 4.46. The van der Waals surface area contributed by atoms with Gasteiger partial charge in [0.25, 0.3) is 0 Å². The Bertz CT molecular complexity index is 543. The third-order valence-electron chi connectivity index (χ3n) is 4.91. The molecule has 0 bridgehead atoms. The lowest BCUT2D eigenvalue weighted by molar-refractivity contribution is -0.136. The maximum atomic E-state index is 13.0. The summed E-state index contributed by atoms with van der Waals surface area (Å²) in [5, 5.41) is 0. The zero-order chi connectivity index (χ0) is 15.5. The molecule has 2 fully saturated rings. The predicted molar refractivity (Wildman–Crippen MR) is 86.6 cm³/mol. The first kappa shape index (κ1) is 15.1. The summed E-state index contributed by atoms with van der Waals surface area (Å²) in [5.41, 5.74) is 0.841. The molecule has 2 aliphatic heterocycles. The maximum Gasteiger partial charge on any atom is 0.246 e. The summed E-state index contributed by atoms with van der Waals surface area (Å²) >= 11 is 0. The zero-order valence-electron chi connectivity index (χ0n) is 13.2. The number of benzene rings is 1. The first-order valence-electron chi connectivity index (χ1n) is 8.40. The van der Waals surface area contributed by atoms with Crippen molar-refractivity contribution in [2.24, 2.45) is 0 Å². The van der Waals surface area contributed by atoms with Crippen molar-refractivity contribution in [3.05, 3.63) is 30.3 Å². The summed E-state index contributed by atoms with van der Waals surface area (Å²) < 4.78 is 0. The molecule has 22 heavy (non-hydrogen) atoms. The van der Waals surface area contributed by atoms with Gasteiger partial charge in [-0.15, -0.1) is 0 Å². The number of rotatable bonds is 3. The smallest absolute Gasteiger partial charge is 0.246 e. The van der Waals surface area contributed by atoms with Crippen LogP contribution in [-0.2, 0) is 9.59 Å². The molecule has 4 nitrogen and oxygen atoms in total. The van der Waals surface area contributed by atoms with Crippen molar-refractivity contribution < 1.29 is 9.59 Å². The molecule has 0 N–H and O–H groups in total. The third-order valence-corrected chi connectivity index (χ3v) is 4.91. The topological polar surface area (TPSA) is 40.6 Å². The predicted octanol–water partition coefficient (Wildman–Crippen LogP) is 2.97. The van der Waals surface area contributed by atoms with Crippen LogP contribution in [0, 0.1) is 0 Å². The number of para-hydroxylation sites is 1. The van der Waals surface area contributed by atoms with Gasteiger partial charge in [-0.05, 0) is 44.2 Å². The fourth-order valence-electron chi connectivity index (χ4n) is 3.74. The van der Waals surface area contributed by atoms with Gasteiger partial charge in [0.1, 0.15) is 6.04 Å². The van der Waals surface area contributed by atoms with Crippen molar-refractivity contribution in [1.29, 1.82) is 0 Å². The van der Waals surface area contributed by atoms with Crippen LogP contribution in [0.2, 0.25) is 0 Å². The second-order valence-electron chi connectivity index (χ2n) is 6.24. The summed E-state index contributed by atoms with van der Waals surface area (Å²) in [6.45, 7) is 2.98. The minimum Gasteiger partial charge on any atom is -0.338 e. The summed E-state index contributed by atoms with van der Waals surface area (Å²) in [5.74, 6) is 0.205. The van der Waals surface area contributed by atoms with Gasteiger partial charge in [-0.3, -0.25) is 14.5 Å². The molecule has 2 aliphatic rings. The highest BCUT2D eigenvalue weighted by Gasteiger charge is 2.40. The number of carbonyl (C=O) groups is 2. The lowest BCUT2D eigenvalue weighted by Crippen LogP contribution is -2.52. The normalized spacial score (nSPS) is 25.6. The number of nitrogens with zero attached hydrogens (tertiary/aromatic N) is 2. The number of amides is 2. The maximum absolute atomic E-state index is 13.0. The van der Waals surface area contributed by atoms with Gasteiger partial charge >= 0.3 is 0 Å². The average molecular weight is 300 g/mol. The van der Waals surface area contributed by atoms with Crippen molar-refractivity contribution in [2.75, 3.05) is 11.4 Å². The highest BCUT2D eigenvalue weighted by Crippen LogP contribution is 2.30. The molecule has 2 saturated heterocycles. The van der Waals surface area contributed by atoms with Gasteiger partial charge in [-0.1, -0.05) is 25.1 Å². The van der Waals surface area contributed by atoms with Crippen molar-refractivity contribution in [3.63, 3.8) is 0 Å². The van der Waals surface area contributed by atoms with E-state index >= 15 is 0 Å².